The number of hydrogen-bond acceptors (Lipinski definition) is 2. The summed E-state index contributed by atoms with van der Waals surface area (Å²) in [6.45, 7) is 7.88. The third kappa shape index (κ3) is 12.8. The van der Waals surface area contributed by atoms with E-state index in [4.69, 9.17) is 0 Å². The zero-order valence-electron chi connectivity index (χ0n) is 13.0. The SMILES string of the molecule is CCCCCCCCCCC(CSCC)NCC. The number of unbranched alkanes of at least 4 members (excludes halogenated alkanes) is 7. The summed E-state index contributed by atoms with van der Waals surface area (Å²) in [5, 5.41) is 3.62. The average Bonchev–Trinajstić information content (AvgIpc) is 2.39. The van der Waals surface area contributed by atoms with Gasteiger partial charge in [-0.25, -0.2) is 0 Å². The van der Waals surface area contributed by atoms with Crippen molar-refractivity contribution in [2.75, 3.05) is 18.1 Å². The minimum Gasteiger partial charge on any atom is -0.313 e. The first-order valence-corrected chi connectivity index (χ1v) is 9.31. The van der Waals surface area contributed by atoms with Crippen LogP contribution in [-0.4, -0.2) is 24.1 Å². The molecule has 2 heteroatoms. The Morgan fingerprint density at radius 3 is 2.00 bits per heavy atom. The minimum absolute atomic E-state index is 0.750. The molecule has 1 unspecified atom stereocenters. The van der Waals surface area contributed by atoms with Gasteiger partial charge >= 0.3 is 0 Å². The lowest BCUT2D eigenvalue weighted by molar-refractivity contribution is 0.491. The molecule has 0 bridgehead atoms. The normalized spacial score (nSPS) is 12.8. The van der Waals surface area contributed by atoms with Crippen molar-refractivity contribution >= 4 is 11.8 Å². The summed E-state index contributed by atoms with van der Waals surface area (Å²) < 4.78 is 0. The predicted octanol–water partition coefficient (Wildman–Crippen LogP) is 5.25. The maximum atomic E-state index is 3.62. The van der Waals surface area contributed by atoms with Gasteiger partial charge in [0, 0.05) is 11.8 Å². The van der Waals surface area contributed by atoms with Crippen LogP contribution in [-0.2, 0) is 0 Å². The maximum absolute atomic E-state index is 3.62. The minimum atomic E-state index is 0.750. The Morgan fingerprint density at radius 1 is 0.833 bits per heavy atom. The fraction of sp³-hybridized carbons (Fsp3) is 1.00. The highest BCUT2D eigenvalue weighted by atomic mass is 32.2. The second-order valence-corrected chi connectivity index (χ2v) is 6.50. The second-order valence-electron chi connectivity index (χ2n) is 5.18. The van der Waals surface area contributed by atoms with E-state index in [-0.39, 0.29) is 0 Å². The summed E-state index contributed by atoms with van der Waals surface area (Å²) in [7, 11) is 0. The lowest BCUT2D eigenvalue weighted by Crippen LogP contribution is -2.31. The molecule has 0 saturated carbocycles. The summed E-state index contributed by atoms with van der Waals surface area (Å²) >= 11 is 2.07. The Kier molecular flexibility index (Phi) is 15.6. The lowest BCUT2D eigenvalue weighted by Gasteiger charge is -2.17. The third-order valence-electron chi connectivity index (χ3n) is 3.42. The molecule has 110 valence electrons. The van der Waals surface area contributed by atoms with E-state index in [0.29, 0.717) is 0 Å². The quantitative estimate of drug-likeness (QED) is 0.434. The van der Waals surface area contributed by atoms with Crippen molar-refractivity contribution in [3.8, 4) is 0 Å². The highest BCUT2D eigenvalue weighted by molar-refractivity contribution is 7.99. The van der Waals surface area contributed by atoms with Crippen molar-refractivity contribution in [2.24, 2.45) is 0 Å². The van der Waals surface area contributed by atoms with Gasteiger partial charge in [0.2, 0.25) is 0 Å². The first-order chi connectivity index (χ1) is 8.85. The smallest absolute Gasteiger partial charge is 0.0158 e. The molecule has 1 N–H and O–H groups in total. The molecule has 1 nitrogen and oxygen atoms in total. The van der Waals surface area contributed by atoms with Crippen LogP contribution < -0.4 is 5.32 Å². The number of rotatable bonds is 14. The van der Waals surface area contributed by atoms with Gasteiger partial charge in [0.25, 0.3) is 0 Å². The van der Waals surface area contributed by atoms with Gasteiger partial charge in [-0.1, -0.05) is 72.1 Å². The molecule has 0 fully saturated rings. The second kappa shape index (κ2) is 15.4. The summed E-state index contributed by atoms with van der Waals surface area (Å²) in [5.41, 5.74) is 0. The van der Waals surface area contributed by atoms with E-state index in [2.05, 4.69) is 37.8 Å². The molecule has 0 amide bonds. The standard InChI is InChI=1S/C16H35NS/c1-4-7-8-9-10-11-12-13-14-16(17-5-2)15-18-6-3/h16-17H,4-15H2,1-3H3. The molecule has 0 aromatic rings. The van der Waals surface area contributed by atoms with Crippen LogP contribution in [0.1, 0.15) is 78.6 Å². The van der Waals surface area contributed by atoms with Gasteiger partial charge in [-0.3, -0.25) is 0 Å². The Bertz CT molecular complexity index is 150. The van der Waals surface area contributed by atoms with Gasteiger partial charge in [0.1, 0.15) is 0 Å². The zero-order valence-corrected chi connectivity index (χ0v) is 13.8. The van der Waals surface area contributed by atoms with Crippen molar-refractivity contribution in [2.45, 2.75) is 84.6 Å². The van der Waals surface area contributed by atoms with Crippen molar-refractivity contribution in [1.82, 2.24) is 5.32 Å². The first-order valence-electron chi connectivity index (χ1n) is 8.16. The molecule has 0 aromatic carbocycles. The van der Waals surface area contributed by atoms with E-state index in [1.54, 1.807) is 0 Å². The molecular weight excluding hydrogens is 238 g/mol. The molecule has 0 aromatic heterocycles. The summed E-state index contributed by atoms with van der Waals surface area (Å²) in [6.07, 6.45) is 12.8. The van der Waals surface area contributed by atoms with Gasteiger partial charge in [-0.15, -0.1) is 0 Å². The van der Waals surface area contributed by atoms with Crippen LogP contribution in [0.2, 0.25) is 0 Å². The summed E-state index contributed by atoms with van der Waals surface area (Å²) in [6, 6.07) is 0.750. The average molecular weight is 274 g/mol. The molecular formula is C16H35NS. The molecule has 0 aliphatic heterocycles. The van der Waals surface area contributed by atoms with E-state index in [0.717, 1.165) is 12.6 Å². The van der Waals surface area contributed by atoms with Crippen LogP contribution in [0.5, 0.6) is 0 Å². The van der Waals surface area contributed by atoms with Gasteiger partial charge in [-0.05, 0) is 18.7 Å². The first kappa shape index (κ1) is 18.3. The maximum Gasteiger partial charge on any atom is 0.0158 e. The Balaban J connectivity index is 3.31. The highest BCUT2D eigenvalue weighted by Gasteiger charge is 2.05. The predicted molar refractivity (Wildman–Crippen MR) is 87.7 cm³/mol. The van der Waals surface area contributed by atoms with Gasteiger partial charge in [-0.2, -0.15) is 11.8 Å². The molecule has 18 heavy (non-hydrogen) atoms. The molecule has 0 aliphatic rings. The highest BCUT2D eigenvalue weighted by Crippen LogP contribution is 2.12. The molecule has 1 atom stereocenters. The lowest BCUT2D eigenvalue weighted by atomic mass is 10.1. The van der Waals surface area contributed by atoms with E-state index < -0.39 is 0 Å². The molecule has 0 rings (SSSR count). The van der Waals surface area contributed by atoms with Crippen LogP contribution in [0.25, 0.3) is 0 Å². The Morgan fingerprint density at radius 2 is 1.44 bits per heavy atom. The summed E-state index contributed by atoms with van der Waals surface area (Å²) in [4.78, 5) is 0. The molecule has 0 saturated heterocycles. The van der Waals surface area contributed by atoms with Crippen LogP contribution in [0.15, 0.2) is 0 Å². The van der Waals surface area contributed by atoms with Gasteiger partial charge < -0.3 is 5.32 Å². The van der Waals surface area contributed by atoms with Gasteiger partial charge in [0.05, 0.1) is 0 Å². The van der Waals surface area contributed by atoms with E-state index in [1.165, 1.54) is 69.3 Å². The monoisotopic (exact) mass is 273 g/mol. The fourth-order valence-electron chi connectivity index (χ4n) is 2.32. The number of nitrogens with one attached hydrogen (secondary N) is 1. The third-order valence-corrected chi connectivity index (χ3v) is 4.47. The topological polar surface area (TPSA) is 12.0 Å². The van der Waals surface area contributed by atoms with E-state index in [1.807, 2.05) is 0 Å². The van der Waals surface area contributed by atoms with Crippen molar-refractivity contribution in [3.05, 3.63) is 0 Å². The Labute approximate surface area is 120 Å². The van der Waals surface area contributed by atoms with E-state index in [9.17, 15) is 0 Å². The fourth-order valence-corrected chi connectivity index (χ4v) is 3.12. The van der Waals surface area contributed by atoms with Crippen molar-refractivity contribution < 1.29 is 0 Å². The molecule has 0 radical (unpaired) electrons. The molecule has 0 spiro atoms. The molecule has 0 aliphatic carbocycles. The van der Waals surface area contributed by atoms with Crippen molar-refractivity contribution in [1.29, 1.82) is 0 Å². The Hall–Kier alpha value is 0.310. The van der Waals surface area contributed by atoms with Gasteiger partial charge in [0.15, 0.2) is 0 Å². The molecule has 0 heterocycles. The zero-order chi connectivity index (χ0) is 13.5. The number of hydrogen-bond donors (Lipinski definition) is 1. The van der Waals surface area contributed by atoms with Crippen LogP contribution >= 0.6 is 11.8 Å². The summed E-state index contributed by atoms with van der Waals surface area (Å²) in [5.74, 6) is 2.54. The van der Waals surface area contributed by atoms with Crippen LogP contribution in [0.4, 0.5) is 0 Å². The number of thioether (sulfide) groups is 1. The van der Waals surface area contributed by atoms with Crippen LogP contribution in [0.3, 0.4) is 0 Å². The van der Waals surface area contributed by atoms with E-state index >= 15 is 0 Å². The largest absolute Gasteiger partial charge is 0.313 e. The van der Waals surface area contributed by atoms with Crippen LogP contribution in [0, 0.1) is 0 Å². The van der Waals surface area contributed by atoms with Crippen molar-refractivity contribution in [3.63, 3.8) is 0 Å².